The molecule has 1 atom stereocenters. The van der Waals surface area contributed by atoms with Gasteiger partial charge >= 0.3 is 0 Å². The SMILES string of the molecule is COc1ccc(OC)c(C2CCN(C(=O)c3cc4n(n3)CCN(C)C4)C2)c1. The highest BCUT2D eigenvalue weighted by Crippen LogP contribution is 2.36. The number of aromatic nitrogens is 2. The Morgan fingerprint density at radius 1 is 1.15 bits per heavy atom. The lowest BCUT2D eigenvalue weighted by molar-refractivity contribution is 0.0783. The van der Waals surface area contributed by atoms with Gasteiger partial charge in [-0.15, -0.1) is 0 Å². The van der Waals surface area contributed by atoms with Crippen LogP contribution in [0.2, 0.25) is 0 Å². The zero-order valence-electron chi connectivity index (χ0n) is 16.1. The van der Waals surface area contributed by atoms with Crippen molar-refractivity contribution in [2.45, 2.75) is 25.4 Å². The fourth-order valence-electron chi connectivity index (χ4n) is 4.02. The molecule has 7 heteroatoms. The molecule has 1 aromatic heterocycles. The predicted molar refractivity (Wildman–Crippen MR) is 101 cm³/mol. The lowest BCUT2D eigenvalue weighted by Gasteiger charge is -2.22. The van der Waals surface area contributed by atoms with Crippen LogP contribution in [0.3, 0.4) is 0 Å². The molecule has 3 heterocycles. The van der Waals surface area contributed by atoms with Gasteiger partial charge in [0, 0.05) is 37.7 Å². The summed E-state index contributed by atoms with van der Waals surface area (Å²) in [7, 11) is 5.43. The Labute approximate surface area is 159 Å². The first kappa shape index (κ1) is 17.9. The molecule has 2 aromatic rings. The molecule has 2 aliphatic rings. The van der Waals surface area contributed by atoms with Gasteiger partial charge in [-0.3, -0.25) is 14.4 Å². The van der Waals surface area contributed by atoms with Crippen molar-refractivity contribution < 1.29 is 14.3 Å². The van der Waals surface area contributed by atoms with Gasteiger partial charge in [-0.2, -0.15) is 5.10 Å². The molecule has 2 aliphatic heterocycles. The summed E-state index contributed by atoms with van der Waals surface area (Å²) >= 11 is 0. The second-order valence-electron chi connectivity index (χ2n) is 7.33. The van der Waals surface area contributed by atoms with E-state index in [4.69, 9.17) is 9.47 Å². The molecule has 4 rings (SSSR count). The minimum absolute atomic E-state index is 0.0175. The number of likely N-dealkylation sites (N-methyl/N-ethyl adjacent to an activating group) is 1. The predicted octanol–water partition coefficient (Wildman–Crippen LogP) is 1.98. The molecule has 1 aromatic carbocycles. The number of ether oxygens (including phenoxy) is 2. The van der Waals surface area contributed by atoms with Crippen LogP contribution in [0.5, 0.6) is 11.5 Å². The van der Waals surface area contributed by atoms with Crippen molar-refractivity contribution in [1.82, 2.24) is 19.6 Å². The van der Waals surface area contributed by atoms with E-state index >= 15 is 0 Å². The quantitative estimate of drug-likeness (QED) is 0.824. The van der Waals surface area contributed by atoms with Gasteiger partial charge in [0.25, 0.3) is 5.91 Å². The number of fused-ring (bicyclic) bond motifs is 1. The lowest BCUT2D eigenvalue weighted by atomic mass is 9.97. The van der Waals surface area contributed by atoms with E-state index in [9.17, 15) is 4.79 Å². The Morgan fingerprint density at radius 2 is 2.00 bits per heavy atom. The molecule has 0 bridgehead atoms. The Morgan fingerprint density at radius 3 is 2.78 bits per heavy atom. The number of amides is 1. The van der Waals surface area contributed by atoms with E-state index in [1.54, 1.807) is 14.2 Å². The highest BCUT2D eigenvalue weighted by Gasteiger charge is 2.31. The third kappa shape index (κ3) is 3.39. The molecule has 0 N–H and O–H groups in total. The molecule has 1 fully saturated rings. The molecule has 0 aliphatic carbocycles. The number of rotatable bonds is 4. The summed E-state index contributed by atoms with van der Waals surface area (Å²) in [5.41, 5.74) is 2.76. The molecule has 0 spiro atoms. The highest BCUT2D eigenvalue weighted by atomic mass is 16.5. The molecular formula is C20H26N4O3. The van der Waals surface area contributed by atoms with Crippen LogP contribution in [0, 0.1) is 0 Å². The number of carbonyl (C=O) groups excluding carboxylic acids is 1. The summed E-state index contributed by atoms with van der Waals surface area (Å²) in [5, 5.41) is 4.54. The van der Waals surface area contributed by atoms with E-state index < -0.39 is 0 Å². The molecule has 1 saturated heterocycles. The first-order chi connectivity index (χ1) is 13.1. The summed E-state index contributed by atoms with van der Waals surface area (Å²) in [5.74, 6) is 1.91. The Bertz CT molecular complexity index is 848. The molecule has 144 valence electrons. The Hall–Kier alpha value is -2.54. The maximum atomic E-state index is 13.0. The van der Waals surface area contributed by atoms with Gasteiger partial charge in [-0.05, 0) is 37.7 Å². The topological polar surface area (TPSA) is 59.8 Å². The van der Waals surface area contributed by atoms with Gasteiger partial charge < -0.3 is 14.4 Å². The smallest absolute Gasteiger partial charge is 0.274 e. The third-order valence-corrected chi connectivity index (χ3v) is 5.56. The van der Waals surface area contributed by atoms with E-state index in [1.165, 1.54) is 0 Å². The number of hydrogen-bond acceptors (Lipinski definition) is 5. The van der Waals surface area contributed by atoms with Crippen LogP contribution in [-0.4, -0.2) is 66.4 Å². The molecule has 1 unspecified atom stereocenters. The van der Waals surface area contributed by atoms with E-state index in [0.717, 1.165) is 55.4 Å². The average molecular weight is 370 g/mol. The fourth-order valence-corrected chi connectivity index (χ4v) is 4.02. The van der Waals surface area contributed by atoms with Crippen LogP contribution in [-0.2, 0) is 13.1 Å². The molecular weight excluding hydrogens is 344 g/mol. The van der Waals surface area contributed by atoms with E-state index in [1.807, 2.05) is 33.8 Å². The fraction of sp³-hybridized carbons (Fsp3) is 0.500. The minimum Gasteiger partial charge on any atom is -0.497 e. The summed E-state index contributed by atoms with van der Waals surface area (Å²) < 4.78 is 12.8. The molecule has 0 saturated carbocycles. The molecule has 1 amide bonds. The maximum Gasteiger partial charge on any atom is 0.274 e. The van der Waals surface area contributed by atoms with Gasteiger partial charge in [-0.1, -0.05) is 0 Å². The summed E-state index contributed by atoms with van der Waals surface area (Å²) in [6, 6.07) is 7.78. The van der Waals surface area contributed by atoms with Crippen molar-refractivity contribution in [2.24, 2.45) is 0 Å². The largest absolute Gasteiger partial charge is 0.497 e. The monoisotopic (exact) mass is 370 g/mol. The van der Waals surface area contributed by atoms with Crippen LogP contribution in [0.1, 0.15) is 34.1 Å². The zero-order valence-corrected chi connectivity index (χ0v) is 16.1. The molecule has 27 heavy (non-hydrogen) atoms. The van der Waals surface area contributed by atoms with Gasteiger partial charge in [0.15, 0.2) is 5.69 Å². The second kappa shape index (κ2) is 7.23. The first-order valence-corrected chi connectivity index (χ1v) is 9.35. The van der Waals surface area contributed by atoms with Crippen molar-refractivity contribution >= 4 is 5.91 Å². The zero-order chi connectivity index (χ0) is 19.0. The van der Waals surface area contributed by atoms with Gasteiger partial charge in [0.1, 0.15) is 11.5 Å². The number of nitrogens with zero attached hydrogens (tertiary/aromatic N) is 4. The summed E-state index contributed by atoms with van der Waals surface area (Å²) in [6.07, 6.45) is 0.908. The average Bonchev–Trinajstić information content (AvgIpc) is 3.33. The van der Waals surface area contributed by atoms with Gasteiger partial charge in [-0.25, -0.2) is 0 Å². The normalized spacial score (nSPS) is 19.8. The van der Waals surface area contributed by atoms with Crippen LogP contribution in [0.4, 0.5) is 0 Å². The third-order valence-electron chi connectivity index (χ3n) is 5.56. The first-order valence-electron chi connectivity index (χ1n) is 9.35. The van der Waals surface area contributed by atoms with Crippen molar-refractivity contribution in [3.8, 4) is 11.5 Å². The van der Waals surface area contributed by atoms with E-state index in [0.29, 0.717) is 12.2 Å². The lowest BCUT2D eigenvalue weighted by Crippen LogP contribution is -2.30. The van der Waals surface area contributed by atoms with Crippen molar-refractivity contribution in [3.05, 3.63) is 41.2 Å². The number of methoxy groups -OCH3 is 2. The van der Waals surface area contributed by atoms with Crippen LogP contribution >= 0.6 is 0 Å². The summed E-state index contributed by atoms with van der Waals surface area (Å²) in [4.78, 5) is 17.1. The Balaban J connectivity index is 1.51. The van der Waals surface area contributed by atoms with Crippen molar-refractivity contribution in [1.29, 1.82) is 0 Å². The maximum absolute atomic E-state index is 13.0. The summed E-state index contributed by atoms with van der Waals surface area (Å²) in [6.45, 7) is 4.03. The van der Waals surface area contributed by atoms with Crippen LogP contribution in [0.25, 0.3) is 0 Å². The molecule has 7 nitrogen and oxygen atoms in total. The highest BCUT2D eigenvalue weighted by molar-refractivity contribution is 5.92. The minimum atomic E-state index is 0.0175. The van der Waals surface area contributed by atoms with Crippen LogP contribution < -0.4 is 9.47 Å². The van der Waals surface area contributed by atoms with Gasteiger partial charge in [0.2, 0.25) is 0 Å². The standard InChI is InChI=1S/C20H26N4O3/c1-22-8-9-24-15(13-22)10-18(21-24)20(25)23-7-6-14(12-23)17-11-16(26-2)4-5-19(17)27-3/h4-5,10-11,14H,6-9,12-13H2,1-3H3. The Kier molecular flexibility index (Phi) is 4.78. The number of carbonyl (C=O) groups is 1. The van der Waals surface area contributed by atoms with Crippen molar-refractivity contribution in [2.75, 3.05) is 40.9 Å². The molecule has 0 radical (unpaired) electrons. The van der Waals surface area contributed by atoms with Gasteiger partial charge in [0.05, 0.1) is 26.5 Å². The second-order valence-corrected chi connectivity index (χ2v) is 7.33. The number of benzene rings is 1. The van der Waals surface area contributed by atoms with E-state index in [2.05, 4.69) is 17.0 Å². The van der Waals surface area contributed by atoms with E-state index in [-0.39, 0.29) is 11.8 Å². The number of hydrogen-bond donors (Lipinski definition) is 0. The van der Waals surface area contributed by atoms with Crippen LogP contribution in [0.15, 0.2) is 24.3 Å². The number of likely N-dealkylation sites (tertiary alicyclic amines) is 1. The van der Waals surface area contributed by atoms with Crippen molar-refractivity contribution in [3.63, 3.8) is 0 Å².